The lowest BCUT2D eigenvalue weighted by atomic mass is 10.2. The van der Waals surface area contributed by atoms with Gasteiger partial charge in [-0.1, -0.05) is 34.1 Å². The van der Waals surface area contributed by atoms with Gasteiger partial charge in [-0.3, -0.25) is 9.69 Å². The van der Waals surface area contributed by atoms with Crippen LogP contribution in [0.25, 0.3) is 0 Å². The van der Waals surface area contributed by atoms with Gasteiger partial charge in [0.15, 0.2) is 0 Å². The molecule has 0 atom stereocenters. The fourth-order valence-corrected chi connectivity index (χ4v) is 1.90. The summed E-state index contributed by atoms with van der Waals surface area (Å²) in [5, 5.41) is 0. The van der Waals surface area contributed by atoms with Crippen molar-refractivity contribution >= 4 is 21.9 Å². The minimum Gasteiger partial charge on any atom is -0.462 e. The van der Waals surface area contributed by atoms with Crippen molar-refractivity contribution in [1.29, 1.82) is 0 Å². The van der Waals surface area contributed by atoms with E-state index in [9.17, 15) is 4.79 Å². The van der Waals surface area contributed by atoms with Crippen LogP contribution in [-0.4, -0.2) is 30.6 Å². The Morgan fingerprint density at radius 1 is 1.41 bits per heavy atom. The van der Waals surface area contributed by atoms with Gasteiger partial charge in [0.1, 0.15) is 0 Å². The highest BCUT2D eigenvalue weighted by atomic mass is 79.9. The van der Waals surface area contributed by atoms with Gasteiger partial charge in [-0.25, -0.2) is 0 Å². The molecule has 0 aliphatic rings. The van der Waals surface area contributed by atoms with E-state index in [0.29, 0.717) is 13.1 Å². The average Bonchev–Trinajstić information content (AvgIpc) is 2.19. The maximum Gasteiger partial charge on any atom is 0.320 e. The largest absolute Gasteiger partial charge is 0.462 e. The number of carbonyl (C=O) groups is 1. The van der Waals surface area contributed by atoms with Crippen molar-refractivity contribution in [2.45, 2.75) is 26.5 Å². The first-order chi connectivity index (χ1) is 7.99. The number of hydrogen-bond acceptors (Lipinski definition) is 3. The third-order valence-electron chi connectivity index (χ3n) is 2.16. The fraction of sp³-hybridized carbons (Fsp3) is 0.462. The standard InChI is InChI=1S/C13H18BrNO2/c1-10(2)17-13(16)9-15(3)8-11-6-4-5-7-12(11)14/h4-7,10H,8-9H2,1-3H3. The second-order valence-corrected chi connectivity index (χ2v) is 5.16. The number of hydrogen-bond donors (Lipinski definition) is 0. The minimum absolute atomic E-state index is 0.0561. The maximum absolute atomic E-state index is 11.5. The summed E-state index contributed by atoms with van der Waals surface area (Å²) in [7, 11) is 1.90. The van der Waals surface area contributed by atoms with Gasteiger partial charge >= 0.3 is 5.97 Å². The molecule has 94 valence electrons. The summed E-state index contributed by atoms with van der Waals surface area (Å²) in [6.07, 6.45) is -0.0561. The van der Waals surface area contributed by atoms with E-state index in [2.05, 4.69) is 15.9 Å². The molecule has 0 aliphatic carbocycles. The lowest BCUT2D eigenvalue weighted by Crippen LogP contribution is -2.28. The summed E-state index contributed by atoms with van der Waals surface area (Å²) >= 11 is 3.49. The molecule has 0 unspecified atom stereocenters. The highest BCUT2D eigenvalue weighted by molar-refractivity contribution is 9.10. The molecule has 0 aliphatic heterocycles. The molecule has 0 N–H and O–H groups in total. The summed E-state index contributed by atoms with van der Waals surface area (Å²) in [5.41, 5.74) is 1.16. The van der Waals surface area contributed by atoms with E-state index in [0.717, 1.165) is 10.0 Å². The van der Waals surface area contributed by atoms with Crippen LogP contribution in [0.2, 0.25) is 0 Å². The van der Waals surface area contributed by atoms with E-state index in [-0.39, 0.29) is 12.1 Å². The van der Waals surface area contributed by atoms with Crippen molar-refractivity contribution in [2.75, 3.05) is 13.6 Å². The molecule has 0 spiro atoms. The van der Waals surface area contributed by atoms with Gasteiger partial charge in [0.05, 0.1) is 12.6 Å². The van der Waals surface area contributed by atoms with Crippen LogP contribution >= 0.6 is 15.9 Å². The molecule has 0 fully saturated rings. The van der Waals surface area contributed by atoms with Crippen molar-refractivity contribution in [3.63, 3.8) is 0 Å². The van der Waals surface area contributed by atoms with Crippen LogP contribution in [0.15, 0.2) is 28.7 Å². The molecule has 4 heteroatoms. The van der Waals surface area contributed by atoms with Crippen molar-refractivity contribution in [2.24, 2.45) is 0 Å². The Balaban J connectivity index is 2.47. The second kappa shape index (κ2) is 6.77. The lowest BCUT2D eigenvalue weighted by Gasteiger charge is -2.17. The van der Waals surface area contributed by atoms with Crippen LogP contribution in [0.4, 0.5) is 0 Å². The third kappa shape index (κ3) is 5.33. The summed E-state index contributed by atoms with van der Waals surface area (Å²) in [4.78, 5) is 13.4. The first-order valence-electron chi connectivity index (χ1n) is 5.60. The van der Waals surface area contributed by atoms with Crippen molar-refractivity contribution in [3.8, 4) is 0 Å². The Labute approximate surface area is 111 Å². The number of nitrogens with zero attached hydrogens (tertiary/aromatic N) is 1. The first kappa shape index (κ1) is 14.2. The van der Waals surface area contributed by atoms with Crippen LogP contribution in [0.1, 0.15) is 19.4 Å². The molecular weight excluding hydrogens is 282 g/mol. The highest BCUT2D eigenvalue weighted by Gasteiger charge is 2.10. The normalized spacial score (nSPS) is 10.9. The van der Waals surface area contributed by atoms with E-state index < -0.39 is 0 Å². The van der Waals surface area contributed by atoms with E-state index in [1.165, 1.54) is 0 Å². The Hall–Kier alpha value is -0.870. The summed E-state index contributed by atoms with van der Waals surface area (Å²) in [6, 6.07) is 7.99. The van der Waals surface area contributed by atoms with Crippen molar-refractivity contribution < 1.29 is 9.53 Å². The van der Waals surface area contributed by atoms with Crippen LogP contribution in [0.3, 0.4) is 0 Å². The van der Waals surface area contributed by atoms with Gasteiger partial charge in [-0.05, 0) is 32.5 Å². The number of benzene rings is 1. The van der Waals surface area contributed by atoms with E-state index >= 15 is 0 Å². The smallest absolute Gasteiger partial charge is 0.320 e. The number of likely N-dealkylation sites (N-methyl/N-ethyl adjacent to an activating group) is 1. The Bertz CT molecular complexity index is 379. The SMILES string of the molecule is CC(C)OC(=O)CN(C)Cc1ccccc1Br. The molecule has 1 aromatic carbocycles. The molecular formula is C13H18BrNO2. The average molecular weight is 300 g/mol. The minimum atomic E-state index is -0.186. The molecule has 0 aromatic heterocycles. The number of esters is 1. The van der Waals surface area contributed by atoms with Gasteiger partial charge in [-0.2, -0.15) is 0 Å². The third-order valence-corrected chi connectivity index (χ3v) is 2.94. The molecule has 0 heterocycles. The van der Waals surface area contributed by atoms with Gasteiger partial charge in [0, 0.05) is 11.0 Å². The van der Waals surface area contributed by atoms with Gasteiger partial charge in [0.2, 0.25) is 0 Å². The van der Waals surface area contributed by atoms with E-state index in [1.54, 1.807) is 0 Å². The molecule has 0 bridgehead atoms. The number of rotatable bonds is 5. The Morgan fingerprint density at radius 3 is 2.65 bits per heavy atom. The number of ether oxygens (including phenoxy) is 1. The molecule has 17 heavy (non-hydrogen) atoms. The zero-order valence-corrected chi connectivity index (χ0v) is 12.0. The molecule has 3 nitrogen and oxygen atoms in total. The first-order valence-corrected chi connectivity index (χ1v) is 6.39. The summed E-state index contributed by atoms with van der Waals surface area (Å²) < 4.78 is 6.16. The molecule has 1 rings (SSSR count). The quantitative estimate of drug-likeness (QED) is 0.783. The zero-order valence-electron chi connectivity index (χ0n) is 10.4. The predicted octanol–water partition coefficient (Wildman–Crippen LogP) is 2.83. The van der Waals surface area contributed by atoms with E-state index in [4.69, 9.17) is 4.74 Å². The molecule has 1 aromatic rings. The van der Waals surface area contributed by atoms with Crippen LogP contribution < -0.4 is 0 Å². The van der Waals surface area contributed by atoms with E-state index in [1.807, 2.05) is 50.1 Å². The van der Waals surface area contributed by atoms with Crippen LogP contribution in [0, 0.1) is 0 Å². The van der Waals surface area contributed by atoms with Gasteiger partial charge in [0.25, 0.3) is 0 Å². The molecule has 0 saturated heterocycles. The maximum atomic E-state index is 11.5. The lowest BCUT2D eigenvalue weighted by molar-refractivity contribution is -0.148. The molecule has 0 radical (unpaired) electrons. The topological polar surface area (TPSA) is 29.5 Å². The number of halogens is 1. The Morgan fingerprint density at radius 2 is 2.06 bits per heavy atom. The van der Waals surface area contributed by atoms with Crippen LogP contribution in [0.5, 0.6) is 0 Å². The summed E-state index contributed by atoms with van der Waals surface area (Å²) in [6.45, 7) is 4.73. The van der Waals surface area contributed by atoms with Crippen LogP contribution in [-0.2, 0) is 16.1 Å². The van der Waals surface area contributed by atoms with Crippen molar-refractivity contribution in [3.05, 3.63) is 34.3 Å². The molecule has 0 amide bonds. The second-order valence-electron chi connectivity index (χ2n) is 4.30. The number of carbonyl (C=O) groups excluding carboxylic acids is 1. The fourth-order valence-electron chi connectivity index (χ4n) is 1.49. The Kier molecular flexibility index (Phi) is 5.65. The van der Waals surface area contributed by atoms with Gasteiger partial charge < -0.3 is 4.74 Å². The van der Waals surface area contributed by atoms with Crippen molar-refractivity contribution in [1.82, 2.24) is 4.90 Å². The van der Waals surface area contributed by atoms with Gasteiger partial charge in [-0.15, -0.1) is 0 Å². The molecule has 0 saturated carbocycles. The predicted molar refractivity (Wildman–Crippen MR) is 71.7 cm³/mol. The summed E-state index contributed by atoms with van der Waals surface area (Å²) in [5.74, 6) is -0.186. The highest BCUT2D eigenvalue weighted by Crippen LogP contribution is 2.17. The zero-order chi connectivity index (χ0) is 12.8. The monoisotopic (exact) mass is 299 g/mol.